The average Bonchev–Trinajstić information content (AvgIpc) is 3.01. The quantitative estimate of drug-likeness (QED) is 0.724. The number of hydrogen-bond donors (Lipinski definition) is 0. The van der Waals surface area contributed by atoms with Crippen molar-refractivity contribution in [2.24, 2.45) is 0 Å². The summed E-state index contributed by atoms with van der Waals surface area (Å²) in [4.78, 5) is 26.8. The van der Waals surface area contributed by atoms with E-state index in [4.69, 9.17) is 14.2 Å². The van der Waals surface area contributed by atoms with Crippen LogP contribution in [0.1, 0.15) is 45.6 Å². The van der Waals surface area contributed by atoms with E-state index in [-0.39, 0.29) is 18.6 Å². The summed E-state index contributed by atoms with van der Waals surface area (Å²) in [6, 6.07) is 8.78. The SMILES string of the molecule is COCC[C@@H]1CC[C@@H](C(=O)OC(C)(C)C)N1C(=O)OCc1ccccc1. The predicted molar refractivity (Wildman–Crippen MR) is 97.6 cm³/mol. The van der Waals surface area contributed by atoms with Crippen molar-refractivity contribution in [1.82, 2.24) is 4.90 Å². The lowest BCUT2D eigenvalue weighted by Gasteiger charge is -2.30. The van der Waals surface area contributed by atoms with Gasteiger partial charge in [-0.25, -0.2) is 9.59 Å². The fourth-order valence-corrected chi connectivity index (χ4v) is 3.09. The van der Waals surface area contributed by atoms with Gasteiger partial charge in [-0.3, -0.25) is 4.90 Å². The molecular weight excluding hydrogens is 334 g/mol. The van der Waals surface area contributed by atoms with E-state index in [1.165, 1.54) is 4.90 Å². The van der Waals surface area contributed by atoms with Crippen LogP contribution in [0.3, 0.4) is 0 Å². The first-order chi connectivity index (χ1) is 12.3. The van der Waals surface area contributed by atoms with E-state index in [9.17, 15) is 9.59 Å². The molecule has 2 atom stereocenters. The molecular formula is C20H29NO5. The number of nitrogens with zero attached hydrogens (tertiary/aromatic N) is 1. The van der Waals surface area contributed by atoms with Gasteiger partial charge < -0.3 is 14.2 Å². The lowest BCUT2D eigenvalue weighted by atomic mass is 10.1. The minimum Gasteiger partial charge on any atom is -0.458 e. The molecule has 0 N–H and O–H groups in total. The Morgan fingerprint density at radius 1 is 1.15 bits per heavy atom. The van der Waals surface area contributed by atoms with Crippen molar-refractivity contribution in [3.8, 4) is 0 Å². The van der Waals surface area contributed by atoms with Gasteiger partial charge in [-0.1, -0.05) is 30.3 Å². The van der Waals surface area contributed by atoms with Crippen LogP contribution in [0.25, 0.3) is 0 Å². The van der Waals surface area contributed by atoms with E-state index in [0.29, 0.717) is 19.4 Å². The topological polar surface area (TPSA) is 65.1 Å². The number of amides is 1. The molecule has 1 heterocycles. The van der Waals surface area contributed by atoms with Crippen molar-refractivity contribution in [3.63, 3.8) is 0 Å². The molecule has 1 aliphatic heterocycles. The number of methoxy groups -OCH3 is 1. The third kappa shape index (κ3) is 5.73. The smallest absolute Gasteiger partial charge is 0.411 e. The number of carbonyl (C=O) groups is 2. The first kappa shape index (κ1) is 20.2. The fourth-order valence-electron chi connectivity index (χ4n) is 3.09. The molecule has 0 spiro atoms. The third-order valence-electron chi connectivity index (χ3n) is 4.25. The summed E-state index contributed by atoms with van der Waals surface area (Å²) < 4.78 is 16.1. The summed E-state index contributed by atoms with van der Waals surface area (Å²) in [6.07, 6.45) is 1.48. The molecule has 0 bridgehead atoms. The Labute approximate surface area is 155 Å². The van der Waals surface area contributed by atoms with Crippen LogP contribution in [0.2, 0.25) is 0 Å². The van der Waals surface area contributed by atoms with E-state index in [1.54, 1.807) is 7.11 Å². The van der Waals surface area contributed by atoms with Gasteiger partial charge in [0, 0.05) is 19.8 Å². The number of rotatable bonds is 6. The molecule has 0 unspecified atom stereocenters. The van der Waals surface area contributed by atoms with Crippen molar-refractivity contribution in [3.05, 3.63) is 35.9 Å². The van der Waals surface area contributed by atoms with Crippen LogP contribution in [0.5, 0.6) is 0 Å². The third-order valence-corrected chi connectivity index (χ3v) is 4.25. The van der Waals surface area contributed by atoms with Crippen molar-refractivity contribution in [2.75, 3.05) is 13.7 Å². The maximum atomic E-state index is 12.7. The molecule has 0 saturated carbocycles. The van der Waals surface area contributed by atoms with Gasteiger partial charge in [-0.05, 0) is 45.6 Å². The molecule has 0 aliphatic carbocycles. The zero-order chi connectivity index (χ0) is 19.2. The van der Waals surface area contributed by atoms with Gasteiger partial charge >= 0.3 is 12.1 Å². The summed E-state index contributed by atoms with van der Waals surface area (Å²) >= 11 is 0. The summed E-state index contributed by atoms with van der Waals surface area (Å²) in [6.45, 7) is 6.16. The van der Waals surface area contributed by atoms with Crippen molar-refractivity contribution < 1.29 is 23.8 Å². The monoisotopic (exact) mass is 363 g/mol. The Morgan fingerprint density at radius 3 is 2.46 bits per heavy atom. The molecule has 26 heavy (non-hydrogen) atoms. The standard InChI is InChI=1S/C20H29NO5/c1-20(2,3)26-18(22)17-11-10-16(12-13-24-4)21(17)19(23)25-14-15-8-6-5-7-9-15/h5-9,16-17H,10-14H2,1-4H3/t16-,17-/m0/s1. The van der Waals surface area contributed by atoms with Gasteiger partial charge in [0.25, 0.3) is 0 Å². The van der Waals surface area contributed by atoms with E-state index in [2.05, 4.69) is 0 Å². The van der Waals surface area contributed by atoms with Crippen LogP contribution in [0.4, 0.5) is 4.79 Å². The second-order valence-electron chi connectivity index (χ2n) is 7.51. The minimum atomic E-state index is -0.612. The highest BCUT2D eigenvalue weighted by atomic mass is 16.6. The van der Waals surface area contributed by atoms with E-state index in [1.807, 2.05) is 51.1 Å². The molecule has 144 valence electrons. The van der Waals surface area contributed by atoms with Crippen LogP contribution in [-0.4, -0.2) is 48.4 Å². The van der Waals surface area contributed by atoms with E-state index < -0.39 is 17.7 Å². The first-order valence-electron chi connectivity index (χ1n) is 9.02. The Hall–Kier alpha value is -2.08. The predicted octanol–water partition coefficient (Wildman–Crippen LogP) is 3.53. The number of esters is 1. The van der Waals surface area contributed by atoms with Crippen molar-refractivity contribution >= 4 is 12.1 Å². The number of carbonyl (C=O) groups excluding carboxylic acids is 2. The highest BCUT2D eigenvalue weighted by molar-refractivity contribution is 5.82. The molecule has 1 aliphatic rings. The molecule has 1 amide bonds. The normalized spacial score (nSPS) is 20.1. The van der Waals surface area contributed by atoms with Crippen LogP contribution in [0.15, 0.2) is 30.3 Å². The Morgan fingerprint density at radius 2 is 1.85 bits per heavy atom. The van der Waals surface area contributed by atoms with Crippen LogP contribution >= 0.6 is 0 Å². The lowest BCUT2D eigenvalue weighted by molar-refractivity contribution is -0.160. The first-order valence-corrected chi connectivity index (χ1v) is 9.02. The van der Waals surface area contributed by atoms with Gasteiger partial charge in [0.1, 0.15) is 18.2 Å². The minimum absolute atomic E-state index is 0.0873. The van der Waals surface area contributed by atoms with Gasteiger partial charge in [0.15, 0.2) is 0 Å². The molecule has 6 heteroatoms. The maximum Gasteiger partial charge on any atom is 0.411 e. The van der Waals surface area contributed by atoms with Gasteiger partial charge in [0.2, 0.25) is 0 Å². The van der Waals surface area contributed by atoms with E-state index in [0.717, 1.165) is 12.0 Å². The second kappa shape index (κ2) is 9.03. The zero-order valence-corrected chi connectivity index (χ0v) is 16.1. The highest BCUT2D eigenvalue weighted by Gasteiger charge is 2.43. The van der Waals surface area contributed by atoms with Gasteiger partial charge in [-0.15, -0.1) is 0 Å². The molecule has 0 aromatic heterocycles. The fraction of sp³-hybridized carbons (Fsp3) is 0.600. The summed E-state index contributed by atoms with van der Waals surface area (Å²) in [7, 11) is 1.62. The second-order valence-corrected chi connectivity index (χ2v) is 7.51. The van der Waals surface area contributed by atoms with Crippen LogP contribution < -0.4 is 0 Å². The Kier molecular flexibility index (Phi) is 7.03. The van der Waals surface area contributed by atoms with Crippen LogP contribution in [-0.2, 0) is 25.6 Å². The zero-order valence-electron chi connectivity index (χ0n) is 16.1. The molecule has 1 aromatic rings. The van der Waals surface area contributed by atoms with Crippen molar-refractivity contribution in [1.29, 1.82) is 0 Å². The number of ether oxygens (including phenoxy) is 3. The summed E-state index contributed by atoms with van der Waals surface area (Å²) in [5.74, 6) is -0.380. The number of hydrogen-bond acceptors (Lipinski definition) is 5. The summed E-state index contributed by atoms with van der Waals surface area (Å²) in [5, 5.41) is 0. The van der Waals surface area contributed by atoms with Gasteiger partial charge in [-0.2, -0.15) is 0 Å². The maximum absolute atomic E-state index is 12.7. The highest BCUT2D eigenvalue weighted by Crippen LogP contribution is 2.29. The molecule has 1 saturated heterocycles. The molecule has 0 radical (unpaired) electrons. The molecule has 6 nitrogen and oxygen atoms in total. The lowest BCUT2D eigenvalue weighted by Crippen LogP contribution is -2.47. The Balaban J connectivity index is 2.07. The average molecular weight is 363 g/mol. The van der Waals surface area contributed by atoms with E-state index >= 15 is 0 Å². The largest absolute Gasteiger partial charge is 0.458 e. The van der Waals surface area contributed by atoms with Crippen LogP contribution in [0, 0.1) is 0 Å². The summed E-state index contributed by atoms with van der Waals surface area (Å²) in [5.41, 5.74) is 0.309. The van der Waals surface area contributed by atoms with Gasteiger partial charge in [0.05, 0.1) is 0 Å². The number of likely N-dealkylation sites (tertiary alicyclic amines) is 1. The Bertz CT molecular complexity index is 596. The molecule has 2 rings (SSSR count). The molecule has 1 fully saturated rings. The number of benzene rings is 1. The van der Waals surface area contributed by atoms with Crippen molar-refractivity contribution in [2.45, 2.75) is 64.3 Å². The molecule has 1 aromatic carbocycles.